The van der Waals surface area contributed by atoms with E-state index >= 15 is 0 Å². The van der Waals surface area contributed by atoms with E-state index in [1.165, 1.54) is 25.7 Å². The molecule has 1 fully saturated rings. The van der Waals surface area contributed by atoms with Crippen molar-refractivity contribution in [2.75, 3.05) is 6.61 Å². The number of nitrogens with one attached hydrogen (secondary N) is 1. The third-order valence-electron chi connectivity index (χ3n) is 3.71. The van der Waals surface area contributed by atoms with Crippen LogP contribution in [0.3, 0.4) is 0 Å². The molecule has 1 N–H and O–H groups in total. The monoisotopic (exact) mass is 281 g/mol. The van der Waals surface area contributed by atoms with Crippen molar-refractivity contribution < 1.29 is 4.74 Å². The smallest absolute Gasteiger partial charge is 0.125 e. The minimum absolute atomic E-state index is 0.443. The fourth-order valence-electron chi connectivity index (χ4n) is 2.54. The van der Waals surface area contributed by atoms with E-state index in [2.05, 4.69) is 19.2 Å². The van der Waals surface area contributed by atoms with Gasteiger partial charge in [0.15, 0.2) is 0 Å². The van der Waals surface area contributed by atoms with Crippen LogP contribution in [0.4, 0.5) is 0 Å². The molecule has 0 spiro atoms. The van der Waals surface area contributed by atoms with Gasteiger partial charge in [-0.2, -0.15) is 0 Å². The molecular weight excluding hydrogens is 258 g/mol. The summed E-state index contributed by atoms with van der Waals surface area (Å²) in [6.45, 7) is 5.86. The third-order valence-corrected chi connectivity index (χ3v) is 4.07. The van der Waals surface area contributed by atoms with E-state index in [9.17, 15) is 0 Å². The molecule has 0 saturated heterocycles. The van der Waals surface area contributed by atoms with Gasteiger partial charge in [-0.25, -0.2) is 0 Å². The van der Waals surface area contributed by atoms with E-state index in [4.69, 9.17) is 16.3 Å². The lowest BCUT2D eigenvalue weighted by Gasteiger charge is -2.17. The molecule has 0 radical (unpaired) electrons. The number of hydrogen-bond donors (Lipinski definition) is 1. The highest BCUT2D eigenvalue weighted by molar-refractivity contribution is 6.31. The number of rotatable bonds is 6. The molecule has 2 rings (SSSR count). The van der Waals surface area contributed by atoms with E-state index in [1.54, 1.807) is 0 Å². The average Bonchev–Trinajstić information content (AvgIpc) is 2.88. The molecule has 0 unspecified atom stereocenters. The van der Waals surface area contributed by atoms with E-state index in [0.717, 1.165) is 35.4 Å². The molecular formula is C16H24ClNO. The molecule has 19 heavy (non-hydrogen) atoms. The Bertz CT molecular complexity index is 400. The first-order valence-corrected chi connectivity index (χ1v) is 7.68. The standard InChI is InChI=1S/C16H24ClNO/c1-12(2)18-10-14-15(17)8-5-9-16(14)19-11-13-6-3-4-7-13/h5,8-9,12-13,18H,3-4,6-7,10-11H2,1-2H3. The fraction of sp³-hybridized carbons (Fsp3) is 0.625. The number of halogens is 1. The van der Waals surface area contributed by atoms with Crippen LogP contribution < -0.4 is 10.1 Å². The van der Waals surface area contributed by atoms with Gasteiger partial charge >= 0.3 is 0 Å². The molecule has 1 aromatic rings. The van der Waals surface area contributed by atoms with Gasteiger partial charge in [-0.15, -0.1) is 0 Å². The van der Waals surface area contributed by atoms with Crippen molar-refractivity contribution in [1.82, 2.24) is 5.32 Å². The maximum atomic E-state index is 6.29. The quantitative estimate of drug-likeness (QED) is 0.834. The van der Waals surface area contributed by atoms with Crippen LogP contribution in [-0.4, -0.2) is 12.6 Å². The van der Waals surface area contributed by atoms with E-state index in [-0.39, 0.29) is 0 Å². The van der Waals surface area contributed by atoms with Crippen LogP contribution in [0.2, 0.25) is 5.02 Å². The SMILES string of the molecule is CC(C)NCc1c(Cl)cccc1OCC1CCCC1. The topological polar surface area (TPSA) is 21.3 Å². The van der Waals surface area contributed by atoms with Crippen molar-refractivity contribution in [3.63, 3.8) is 0 Å². The molecule has 3 heteroatoms. The van der Waals surface area contributed by atoms with Gasteiger partial charge in [-0.3, -0.25) is 0 Å². The van der Waals surface area contributed by atoms with Gasteiger partial charge in [-0.1, -0.05) is 44.4 Å². The van der Waals surface area contributed by atoms with Crippen LogP contribution in [0.15, 0.2) is 18.2 Å². The fourth-order valence-corrected chi connectivity index (χ4v) is 2.77. The summed E-state index contributed by atoms with van der Waals surface area (Å²) in [6.07, 6.45) is 5.32. The van der Waals surface area contributed by atoms with E-state index < -0.39 is 0 Å². The van der Waals surface area contributed by atoms with E-state index in [0.29, 0.717) is 6.04 Å². The van der Waals surface area contributed by atoms with Crippen LogP contribution in [0.5, 0.6) is 5.75 Å². The zero-order valence-corrected chi connectivity index (χ0v) is 12.7. The lowest BCUT2D eigenvalue weighted by molar-refractivity contribution is 0.249. The number of benzene rings is 1. The summed E-state index contributed by atoms with van der Waals surface area (Å²) in [7, 11) is 0. The summed E-state index contributed by atoms with van der Waals surface area (Å²) in [4.78, 5) is 0. The molecule has 1 saturated carbocycles. The Morgan fingerprint density at radius 2 is 2.05 bits per heavy atom. The highest BCUT2D eigenvalue weighted by atomic mass is 35.5. The Labute approximate surface area is 121 Å². The van der Waals surface area contributed by atoms with Crippen LogP contribution >= 0.6 is 11.6 Å². The Kier molecular flexibility index (Phi) is 5.53. The van der Waals surface area contributed by atoms with Crippen molar-refractivity contribution in [3.8, 4) is 5.75 Å². The Morgan fingerprint density at radius 3 is 2.74 bits per heavy atom. The minimum atomic E-state index is 0.443. The Morgan fingerprint density at radius 1 is 1.32 bits per heavy atom. The molecule has 0 bridgehead atoms. The maximum Gasteiger partial charge on any atom is 0.125 e. The first-order chi connectivity index (χ1) is 9.16. The van der Waals surface area contributed by atoms with Crippen molar-refractivity contribution in [2.45, 2.75) is 52.1 Å². The second kappa shape index (κ2) is 7.16. The summed E-state index contributed by atoms with van der Waals surface area (Å²) in [5.74, 6) is 1.66. The predicted molar refractivity (Wildman–Crippen MR) is 80.9 cm³/mol. The summed E-state index contributed by atoms with van der Waals surface area (Å²) >= 11 is 6.29. The van der Waals surface area contributed by atoms with Gasteiger partial charge in [0.25, 0.3) is 0 Å². The van der Waals surface area contributed by atoms with Gasteiger partial charge in [0.2, 0.25) is 0 Å². The Hall–Kier alpha value is -0.730. The number of ether oxygens (including phenoxy) is 1. The summed E-state index contributed by atoms with van der Waals surface area (Å²) < 4.78 is 6.01. The zero-order chi connectivity index (χ0) is 13.7. The molecule has 0 amide bonds. The highest BCUT2D eigenvalue weighted by Crippen LogP contribution is 2.29. The van der Waals surface area contributed by atoms with Gasteiger partial charge in [-0.05, 0) is 30.9 Å². The number of hydrogen-bond acceptors (Lipinski definition) is 2. The first kappa shape index (κ1) is 14.7. The largest absolute Gasteiger partial charge is 0.493 e. The van der Waals surface area contributed by atoms with Gasteiger partial charge in [0, 0.05) is 23.2 Å². The molecule has 0 heterocycles. The van der Waals surface area contributed by atoms with Gasteiger partial charge in [0.05, 0.1) is 6.61 Å². The highest BCUT2D eigenvalue weighted by Gasteiger charge is 2.17. The minimum Gasteiger partial charge on any atom is -0.493 e. The molecule has 0 aromatic heterocycles. The maximum absolute atomic E-state index is 6.29. The molecule has 106 valence electrons. The second-order valence-corrected chi connectivity index (χ2v) is 6.12. The summed E-state index contributed by atoms with van der Waals surface area (Å²) in [5.41, 5.74) is 1.08. The van der Waals surface area contributed by atoms with Gasteiger partial charge < -0.3 is 10.1 Å². The van der Waals surface area contributed by atoms with Crippen molar-refractivity contribution in [2.24, 2.45) is 5.92 Å². The molecule has 0 atom stereocenters. The summed E-state index contributed by atoms with van der Waals surface area (Å²) in [6, 6.07) is 6.36. The normalized spacial score (nSPS) is 16.2. The predicted octanol–water partition coefficient (Wildman–Crippen LogP) is 4.41. The lowest BCUT2D eigenvalue weighted by Crippen LogP contribution is -2.22. The zero-order valence-electron chi connectivity index (χ0n) is 11.9. The molecule has 1 aliphatic rings. The lowest BCUT2D eigenvalue weighted by atomic mass is 10.1. The molecule has 0 aliphatic heterocycles. The Balaban J connectivity index is 1.99. The van der Waals surface area contributed by atoms with Crippen LogP contribution in [0.1, 0.15) is 45.1 Å². The second-order valence-electron chi connectivity index (χ2n) is 5.71. The first-order valence-electron chi connectivity index (χ1n) is 7.30. The third kappa shape index (κ3) is 4.39. The van der Waals surface area contributed by atoms with E-state index in [1.807, 2.05) is 18.2 Å². The molecule has 1 aliphatic carbocycles. The van der Waals surface area contributed by atoms with Crippen molar-refractivity contribution in [1.29, 1.82) is 0 Å². The van der Waals surface area contributed by atoms with Crippen LogP contribution in [0, 0.1) is 5.92 Å². The van der Waals surface area contributed by atoms with Crippen LogP contribution in [-0.2, 0) is 6.54 Å². The summed E-state index contributed by atoms with van der Waals surface area (Å²) in [5, 5.41) is 4.20. The van der Waals surface area contributed by atoms with Crippen LogP contribution in [0.25, 0.3) is 0 Å². The molecule has 2 nitrogen and oxygen atoms in total. The molecule has 1 aromatic carbocycles. The van der Waals surface area contributed by atoms with Crippen molar-refractivity contribution >= 4 is 11.6 Å². The van der Waals surface area contributed by atoms with Gasteiger partial charge in [0.1, 0.15) is 5.75 Å². The van der Waals surface area contributed by atoms with Crippen molar-refractivity contribution in [3.05, 3.63) is 28.8 Å². The average molecular weight is 282 g/mol.